The Bertz CT molecular complexity index is 577. The third kappa shape index (κ3) is 7.19. The molecule has 1 atom stereocenters. The van der Waals surface area contributed by atoms with E-state index in [4.69, 9.17) is 15.2 Å². The second kappa shape index (κ2) is 10.8. The van der Waals surface area contributed by atoms with Crippen LogP contribution in [0, 0.1) is 5.92 Å². The van der Waals surface area contributed by atoms with Gasteiger partial charge in [-0.05, 0) is 49.5 Å². The number of halogens is 1. The van der Waals surface area contributed by atoms with Gasteiger partial charge in [0.2, 0.25) is 5.91 Å². The molecule has 0 aliphatic carbocycles. The Balaban J connectivity index is 0.00000312. The molecular formula is C17H26ClN3O4. The summed E-state index contributed by atoms with van der Waals surface area (Å²) >= 11 is 0. The van der Waals surface area contributed by atoms with Crippen molar-refractivity contribution in [3.8, 4) is 11.5 Å². The van der Waals surface area contributed by atoms with Crippen LogP contribution in [0.4, 0.5) is 0 Å². The van der Waals surface area contributed by atoms with Crippen LogP contribution in [-0.4, -0.2) is 38.6 Å². The molecule has 8 heteroatoms. The zero-order valence-corrected chi connectivity index (χ0v) is 15.2. The first-order valence-corrected chi connectivity index (χ1v) is 8.14. The van der Waals surface area contributed by atoms with E-state index in [1.165, 1.54) is 7.11 Å². The smallest absolute Gasteiger partial charge is 0.255 e. The summed E-state index contributed by atoms with van der Waals surface area (Å²) in [5.41, 5.74) is 5.96. The van der Waals surface area contributed by atoms with E-state index in [0.29, 0.717) is 30.4 Å². The van der Waals surface area contributed by atoms with Gasteiger partial charge >= 0.3 is 0 Å². The Labute approximate surface area is 154 Å². The van der Waals surface area contributed by atoms with Gasteiger partial charge in [-0.25, -0.2) is 0 Å². The first kappa shape index (κ1) is 21.1. The normalized spacial score (nSPS) is 16.0. The highest BCUT2D eigenvalue weighted by molar-refractivity contribution is 5.85. The van der Waals surface area contributed by atoms with Gasteiger partial charge in [0.05, 0.1) is 7.11 Å². The molecule has 1 heterocycles. The van der Waals surface area contributed by atoms with Crippen LogP contribution in [0.5, 0.6) is 11.5 Å². The van der Waals surface area contributed by atoms with Crippen molar-refractivity contribution in [2.24, 2.45) is 11.7 Å². The number of nitrogens with two attached hydrogens (primary N) is 1. The maximum Gasteiger partial charge on any atom is 0.255 e. The molecule has 1 fully saturated rings. The molecule has 140 valence electrons. The zero-order valence-electron chi connectivity index (χ0n) is 14.4. The molecule has 1 aromatic rings. The van der Waals surface area contributed by atoms with E-state index < -0.39 is 5.91 Å². The third-order valence-electron chi connectivity index (χ3n) is 4.03. The van der Waals surface area contributed by atoms with E-state index in [9.17, 15) is 9.59 Å². The van der Waals surface area contributed by atoms with Crippen LogP contribution in [0.2, 0.25) is 0 Å². The molecule has 4 N–H and O–H groups in total. The second-order valence-electron chi connectivity index (χ2n) is 5.91. The lowest BCUT2D eigenvalue weighted by Crippen LogP contribution is -2.23. The number of hydrogen-bond donors (Lipinski definition) is 3. The molecule has 0 radical (unpaired) electrons. The van der Waals surface area contributed by atoms with Crippen LogP contribution in [0.25, 0.3) is 0 Å². The minimum absolute atomic E-state index is 0. The molecule has 1 saturated heterocycles. The number of amides is 2. The fourth-order valence-corrected chi connectivity index (χ4v) is 2.68. The summed E-state index contributed by atoms with van der Waals surface area (Å²) in [4.78, 5) is 22.7. The van der Waals surface area contributed by atoms with Gasteiger partial charge in [0, 0.05) is 13.0 Å². The number of carbonyl (C=O) groups excluding carboxylic acids is 2. The summed E-state index contributed by atoms with van der Waals surface area (Å²) in [7, 11) is 1.52. The van der Waals surface area contributed by atoms with E-state index in [2.05, 4.69) is 10.6 Å². The van der Waals surface area contributed by atoms with Crippen molar-refractivity contribution in [1.29, 1.82) is 0 Å². The van der Waals surface area contributed by atoms with Crippen LogP contribution in [-0.2, 0) is 16.1 Å². The third-order valence-corrected chi connectivity index (χ3v) is 4.03. The van der Waals surface area contributed by atoms with Gasteiger partial charge in [0.25, 0.3) is 5.91 Å². The number of hydrogen-bond acceptors (Lipinski definition) is 5. The predicted octanol–water partition coefficient (Wildman–Crippen LogP) is 0.987. The van der Waals surface area contributed by atoms with Crippen LogP contribution < -0.4 is 25.8 Å². The molecule has 1 aromatic carbocycles. The topological polar surface area (TPSA) is 103 Å². The Hall–Kier alpha value is -1.99. The first-order chi connectivity index (χ1) is 11.6. The summed E-state index contributed by atoms with van der Waals surface area (Å²) in [6.07, 6.45) is 2.61. The van der Waals surface area contributed by atoms with Gasteiger partial charge in [0.1, 0.15) is 0 Å². The number of methoxy groups -OCH3 is 1. The average Bonchev–Trinajstić information content (AvgIpc) is 3.10. The molecule has 0 bridgehead atoms. The number of carbonyl (C=O) groups is 2. The minimum atomic E-state index is -0.550. The number of nitrogens with one attached hydrogen (secondary N) is 2. The second-order valence-corrected chi connectivity index (χ2v) is 5.91. The first-order valence-electron chi connectivity index (χ1n) is 8.14. The van der Waals surface area contributed by atoms with Gasteiger partial charge in [-0.2, -0.15) is 0 Å². The summed E-state index contributed by atoms with van der Waals surface area (Å²) in [6, 6.07) is 5.30. The van der Waals surface area contributed by atoms with Gasteiger partial charge in [-0.15, -0.1) is 12.4 Å². The zero-order chi connectivity index (χ0) is 17.4. The number of rotatable bonds is 9. The molecule has 7 nitrogen and oxygen atoms in total. The standard InChI is InChI=1S/C17H25N3O4.ClH/c1-23-15-8-13(2-4-14(15)24-11-16(18)21)10-20-17(22)5-3-12-6-7-19-9-12;/h2,4,8,12,19H,3,5-7,9-11H2,1H3,(H2,18,21)(H,20,22);1H. The van der Waals surface area contributed by atoms with Crippen molar-refractivity contribution in [3.05, 3.63) is 23.8 Å². The Morgan fingerprint density at radius 3 is 2.80 bits per heavy atom. The quantitative estimate of drug-likeness (QED) is 0.600. The van der Waals surface area contributed by atoms with Crippen molar-refractivity contribution >= 4 is 24.2 Å². The molecule has 1 unspecified atom stereocenters. The molecule has 0 spiro atoms. The SMILES string of the molecule is COc1cc(CNC(=O)CCC2CCNC2)ccc1OCC(N)=O.Cl. The van der Waals surface area contributed by atoms with Crippen molar-refractivity contribution in [1.82, 2.24) is 10.6 Å². The van der Waals surface area contributed by atoms with E-state index in [0.717, 1.165) is 31.5 Å². The molecule has 1 aliphatic rings. The van der Waals surface area contributed by atoms with E-state index in [1.807, 2.05) is 6.07 Å². The fourth-order valence-electron chi connectivity index (χ4n) is 2.68. The van der Waals surface area contributed by atoms with Crippen LogP contribution in [0.1, 0.15) is 24.8 Å². The Kier molecular flexibility index (Phi) is 9.08. The Morgan fingerprint density at radius 1 is 1.36 bits per heavy atom. The van der Waals surface area contributed by atoms with Gasteiger partial charge < -0.3 is 25.8 Å². The number of primary amides is 1. The largest absolute Gasteiger partial charge is 0.493 e. The summed E-state index contributed by atoms with van der Waals surface area (Å²) < 4.78 is 10.5. The average molecular weight is 372 g/mol. The summed E-state index contributed by atoms with van der Waals surface area (Å²) in [5, 5.41) is 6.22. The minimum Gasteiger partial charge on any atom is -0.493 e. The molecule has 25 heavy (non-hydrogen) atoms. The number of benzene rings is 1. The highest BCUT2D eigenvalue weighted by atomic mass is 35.5. The van der Waals surface area contributed by atoms with Crippen molar-refractivity contribution in [3.63, 3.8) is 0 Å². The number of ether oxygens (including phenoxy) is 2. The Morgan fingerprint density at radius 2 is 2.16 bits per heavy atom. The monoisotopic (exact) mass is 371 g/mol. The highest BCUT2D eigenvalue weighted by Crippen LogP contribution is 2.28. The van der Waals surface area contributed by atoms with Crippen LogP contribution in [0.15, 0.2) is 18.2 Å². The summed E-state index contributed by atoms with van der Waals surface area (Å²) in [5.74, 6) is 1.05. The van der Waals surface area contributed by atoms with Crippen LogP contribution in [0.3, 0.4) is 0 Å². The van der Waals surface area contributed by atoms with E-state index in [-0.39, 0.29) is 24.9 Å². The maximum absolute atomic E-state index is 11.9. The lowest BCUT2D eigenvalue weighted by molar-refractivity contribution is -0.121. The highest BCUT2D eigenvalue weighted by Gasteiger charge is 2.15. The lowest BCUT2D eigenvalue weighted by Gasteiger charge is -2.12. The van der Waals surface area contributed by atoms with Gasteiger partial charge in [0.15, 0.2) is 18.1 Å². The maximum atomic E-state index is 11.9. The molecular weight excluding hydrogens is 346 g/mol. The molecule has 0 aromatic heterocycles. The van der Waals surface area contributed by atoms with E-state index in [1.54, 1.807) is 12.1 Å². The van der Waals surface area contributed by atoms with Crippen molar-refractivity contribution < 1.29 is 19.1 Å². The fraction of sp³-hybridized carbons (Fsp3) is 0.529. The van der Waals surface area contributed by atoms with Crippen molar-refractivity contribution in [2.75, 3.05) is 26.8 Å². The molecule has 1 aliphatic heterocycles. The predicted molar refractivity (Wildman–Crippen MR) is 97.0 cm³/mol. The molecule has 2 amide bonds. The summed E-state index contributed by atoms with van der Waals surface area (Å²) in [6.45, 7) is 2.28. The van der Waals surface area contributed by atoms with Crippen LogP contribution >= 0.6 is 12.4 Å². The molecule has 2 rings (SSSR count). The van der Waals surface area contributed by atoms with Gasteiger partial charge in [-0.1, -0.05) is 6.07 Å². The van der Waals surface area contributed by atoms with Crippen molar-refractivity contribution in [2.45, 2.75) is 25.8 Å². The lowest BCUT2D eigenvalue weighted by atomic mass is 10.0. The van der Waals surface area contributed by atoms with E-state index >= 15 is 0 Å². The molecule has 0 saturated carbocycles. The van der Waals surface area contributed by atoms with Gasteiger partial charge in [-0.3, -0.25) is 9.59 Å².